The second-order valence-electron chi connectivity index (χ2n) is 5.49. The molecule has 2 atom stereocenters. The fourth-order valence-electron chi connectivity index (χ4n) is 2.16. The molecule has 0 aromatic heterocycles. The van der Waals surface area contributed by atoms with E-state index in [9.17, 15) is 0 Å². The van der Waals surface area contributed by atoms with Gasteiger partial charge in [0.1, 0.15) is 0 Å². The molecule has 0 aromatic carbocycles. The van der Waals surface area contributed by atoms with Crippen LogP contribution in [-0.4, -0.2) is 13.1 Å². The SMILES string of the molecule is CC1CNCCC1CC(C)(C)C. The monoisotopic (exact) mass is 169 g/mol. The van der Waals surface area contributed by atoms with Gasteiger partial charge in [-0.05, 0) is 43.2 Å². The molecule has 1 saturated heterocycles. The topological polar surface area (TPSA) is 12.0 Å². The molecule has 1 aliphatic rings. The lowest BCUT2D eigenvalue weighted by Gasteiger charge is -2.34. The highest BCUT2D eigenvalue weighted by Gasteiger charge is 2.25. The molecule has 0 amide bonds. The van der Waals surface area contributed by atoms with E-state index in [2.05, 4.69) is 33.0 Å². The molecular formula is C11H23N. The van der Waals surface area contributed by atoms with Gasteiger partial charge < -0.3 is 5.32 Å². The quantitative estimate of drug-likeness (QED) is 0.636. The van der Waals surface area contributed by atoms with Crippen molar-refractivity contribution in [1.29, 1.82) is 0 Å². The molecule has 1 aliphatic heterocycles. The van der Waals surface area contributed by atoms with Crippen molar-refractivity contribution in [2.24, 2.45) is 17.3 Å². The van der Waals surface area contributed by atoms with Crippen molar-refractivity contribution < 1.29 is 0 Å². The van der Waals surface area contributed by atoms with E-state index in [0.717, 1.165) is 11.8 Å². The van der Waals surface area contributed by atoms with Crippen molar-refractivity contribution in [1.82, 2.24) is 5.32 Å². The Labute approximate surface area is 76.9 Å². The summed E-state index contributed by atoms with van der Waals surface area (Å²) in [4.78, 5) is 0. The summed E-state index contributed by atoms with van der Waals surface area (Å²) in [7, 11) is 0. The van der Waals surface area contributed by atoms with Gasteiger partial charge in [-0.3, -0.25) is 0 Å². The summed E-state index contributed by atoms with van der Waals surface area (Å²) in [5.41, 5.74) is 0.510. The smallest absolute Gasteiger partial charge is 0.00205 e. The number of piperidine rings is 1. The Bertz CT molecular complexity index is 134. The van der Waals surface area contributed by atoms with Gasteiger partial charge in [0, 0.05) is 0 Å². The fourth-order valence-corrected chi connectivity index (χ4v) is 2.16. The molecule has 0 aromatic rings. The van der Waals surface area contributed by atoms with Gasteiger partial charge >= 0.3 is 0 Å². The zero-order chi connectivity index (χ0) is 9.19. The first kappa shape index (κ1) is 10.0. The molecule has 1 heteroatoms. The Balaban J connectivity index is 2.39. The summed E-state index contributed by atoms with van der Waals surface area (Å²) in [6.45, 7) is 11.9. The van der Waals surface area contributed by atoms with E-state index in [0.29, 0.717) is 5.41 Å². The molecule has 1 rings (SSSR count). The summed E-state index contributed by atoms with van der Waals surface area (Å²) in [6.07, 6.45) is 2.76. The molecule has 0 saturated carbocycles. The van der Waals surface area contributed by atoms with Crippen molar-refractivity contribution in [2.45, 2.75) is 40.5 Å². The van der Waals surface area contributed by atoms with Crippen LogP contribution >= 0.6 is 0 Å². The highest BCUT2D eigenvalue weighted by atomic mass is 14.9. The van der Waals surface area contributed by atoms with Crippen LogP contribution in [0.15, 0.2) is 0 Å². The minimum absolute atomic E-state index is 0.510. The van der Waals surface area contributed by atoms with Gasteiger partial charge in [0.15, 0.2) is 0 Å². The summed E-state index contributed by atoms with van der Waals surface area (Å²) >= 11 is 0. The third kappa shape index (κ3) is 3.14. The lowest BCUT2D eigenvalue weighted by Crippen LogP contribution is -2.36. The van der Waals surface area contributed by atoms with E-state index in [1.165, 1.54) is 25.9 Å². The predicted molar refractivity (Wildman–Crippen MR) is 54.2 cm³/mol. The maximum absolute atomic E-state index is 3.45. The van der Waals surface area contributed by atoms with Crippen LogP contribution in [0.3, 0.4) is 0 Å². The lowest BCUT2D eigenvalue weighted by molar-refractivity contribution is 0.191. The van der Waals surface area contributed by atoms with Crippen molar-refractivity contribution in [3.8, 4) is 0 Å². The van der Waals surface area contributed by atoms with Crippen LogP contribution < -0.4 is 5.32 Å². The third-order valence-electron chi connectivity index (χ3n) is 2.84. The molecule has 1 nitrogen and oxygen atoms in total. The van der Waals surface area contributed by atoms with Crippen molar-refractivity contribution in [3.63, 3.8) is 0 Å². The number of nitrogens with one attached hydrogen (secondary N) is 1. The standard InChI is InChI=1S/C11H23N/c1-9-8-12-6-5-10(9)7-11(2,3)4/h9-10,12H,5-8H2,1-4H3. The summed E-state index contributed by atoms with van der Waals surface area (Å²) < 4.78 is 0. The minimum atomic E-state index is 0.510. The van der Waals surface area contributed by atoms with Gasteiger partial charge in [0.05, 0.1) is 0 Å². The largest absolute Gasteiger partial charge is 0.316 e. The zero-order valence-corrected chi connectivity index (χ0v) is 8.98. The first-order valence-electron chi connectivity index (χ1n) is 5.20. The van der Waals surface area contributed by atoms with Crippen LogP contribution in [0.4, 0.5) is 0 Å². The normalized spacial score (nSPS) is 32.0. The number of hydrogen-bond donors (Lipinski definition) is 1. The molecule has 2 unspecified atom stereocenters. The molecule has 0 bridgehead atoms. The van der Waals surface area contributed by atoms with Crippen LogP contribution in [0, 0.1) is 17.3 Å². The second-order valence-corrected chi connectivity index (χ2v) is 5.49. The maximum Gasteiger partial charge on any atom is -0.00205 e. The van der Waals surface area contributed by atoms with E-state index in [1.54, 1.807) is 0 Å². The second kappa shape index (κ2) is 3.78. The summed E-state index contributed by atoms with van der Waals surface area (Å²) in [5, 5.41) is 3.45. The third-order valence-corrected chi connectivity index (χ3v) is 2.84. The van der Waals surface area contributed by atoms with Gasteiger partial charge in [-0.25, -0.2) is 0 Å². The number of hydrogen-bond acceptors (Lipinski definition) is 1. The Hall–Kier alpha value is -0.0400. The van der Waals surface area contributed by atoms with Gasteiger partial charge in [-0.15, -0.1) is 0 Å². The number of rotatable bonds is 1. The van der Waals surface area contributed by atoms with Crippen LogP contribution in [0.25, 0.3) is 0 Å². The molecule has 0 radical (unpaired) electrons. The molecule has 1 fully saturated rings. The zero-order valence-electron chi connectivity index (χ0n) is 8.98. The van der Waals surface area contributed by atoms with E-state index in [-0.39, 0.29) is 0 Å². The Morgan fingerprint density at radius 3 is 2.50 bits per heavy atom. The van der Waals surface area contributed by atoms with Gasteiger partial charge in [0.2, 0.25) is 0 Å². The molecule has 0 aliphatic carbocycles. The Morgan fingerprint density at radius 2 is 2.00 bits per heavy atom. The van der Waals surface area contributed by atoms with Crippen molar-refractivity contribution in [3.05, 3.63) is 0 Å². The van der Waals surface area contributed by atoms with Gasteiger partial charge in [0.25, 0.3) is 0 Å². The molecular weight excluding hydrogens is 146 g/mol. The van der Waals surface area contributed by atoms with E-state index < -0.39 is 0 Å². The summed E-state index contributed by atoms with van der Waals surface area (Å²) in [5.74, 6) is 1.82. The van der Waals surface area contributed by atoms with Crippen LogP contribution in [0.2, 0.25) is 0 Å². The fraction of sp³-hybridized carbons (Fsp3) is 1.00. The molecule has 72 valence electrons. The first-order chi connectivity index (χ1) is 5.49. The van der Waals surface area contributed by atoms with Crippen LogP contribution in [0.5, 0.6) is 0 Å². The Kier molecular flexibility index (Phi) is 3.16. The van der Waals surface area contributed by atoms with E-state index in [1.807, 2.05) is 0 Å². The van der Waals surface area contributed by atoms with Crippen molar-refractivity contribution in [2.75, 3.05) is 13.1 Å². The van der Waals surface area contributed by atoms with Crippen LogP contribution in [-0.2, 0) is 0 Å². The predicted octanol–water partition coefficient (Wildman–Crippen LogP) is 2.67. The Morgan fingerprint density at radius 1 is 1.33 bits per heavy atom. The van der Waals surface area contributed by atoms with Gasteiger partial charge in [-0.1, -0.05) is 27.7 Å². The lowest BCUT2D eigenvalue weighted by atomic mass is 9.76. The van der Waals surface area contributed by atoms with Gasteiger partial charge in [-0.2, -0.15) is 0 Å². The van der Waals surface area contributed by atoms with Crippen LogP contribution in [0.1, 0.15) is 40.5 Å². The average molecular weight is 169 g/mol. The molecule has 0 spiro atoms. The van der Waals surface area contributed by atoms with Crippen molar-refractivity contribution >= 4 is 0 Å². The van der Waals surface area contributed by atoms with E-state index >= 15 is 0 Å². The molecule has 1 N–H and O–H groups in total. The highest BCUT2D eigenvalue weighted by Crippen LogP contribution is 2.31. The maximum atomic E-state index is 3.45. The minimum Gasteiger partial charge on any atom is -0.316 e. The van der Waals surface area contributed by atoms with E-state index in [4.69, 9.17) is 0 Å². The highest BCUT2D eigenvalue weighted by molar-refractivity contribution is 4.78. The molecule has 1 heterocycles. The average Bonchev–Trinajstić information content (AvgIpc) is 1.91. The molecule has 12 heavy (non-hydrogen) atoms. The first-order valence-corrected chi connectivity index (χ1v) is 5.20. The summed E-state index contributed by atoms with van der Waals surface area (Å²) in [6, 6.07) is 0.